The zero-order chi connectivity index (χ0) is 10.8. The van der Waals surface area contributed by atoms with Crippen LogP contribution in [0.4, 0.5) is 0 Å². The zero-order valence-corrected chi connectivity index (χ0v) is 9.71. The molecule has 1 aromatic carbocycles. The molecule has 0 spiro atoms. The summed E-state index contributed by atoms with van der Waals surface area (Å²) in [5, 5.41) is 0. The van der Waals surface area contributed by atoms with Crippen molar-refractivity contribution in [3.05, 3.63) is 48.0 Å². The van der Waals surface area contributed by atoms with Gasteiger partial charge in [-0.1, -0.05) is 49.8 Å². The van der Waals surface area contributed by atoms with Crippen molar-refractivity contribution in [2.75, 3.05) is 0 Å². The van der Waals surface area contributed by atoms with E-state index < -0.39 is 0 Å². The zero-order valence-electron chi connectivity index (χ0n) is 9.71. The van der Waals surface area contributed by atoms with Crippen LogP contribution < -0.4 is 0 Å². The van der Waals surface area contributed by atoms with Gasteiger partial charge in [0.2, 0.25) is 0 Å². The fraction of sp³-hybridized carbons (Fsp3) is 0.467. The van der Waals surface area contributed by atoms with Gasteiger partial charge in [-0.25, -0.2) is 0 Å². The first-order chi connectivity index (χ1) is 7.43. The third kappa shape index (κ3) is 6.11. The standard InChI is InChI=1S/C15H21/c1-2-3-4-5-6-7-9-12-15-13-10-8-11-14-15/h4-5,10-11,13-14H,2-3,6-7,9,12H2,1H3. The van der Waals surface area contributed by atoms with Crippen LogP contribution in [0.1, 0.15) is 44.6 Å². The summed E-state index contributed by atoms with van der Waals surface area (Å²) in [5.74, 6) is 0. The normalized spacial score (nSPS) is 11.0. The number of aryl methyl sites for hydroxylation is 1. The number of hydrogen-bond acceptors (Lipinski definition) is 0. The molecule has 15 heavy (non-hydrogen) atoms. The summed E-state index contributed by atoms with van der Waals surface area (Å²) in [7, 11) is 0. The van der Waals surface area contributed by atoms with E-state index in [-0.39, 0.29) is 0 Å². The van der Waals surface area contributed by atoms with Crippen molar-refractivity contribution in [1.82, 2.24) is 0 Å². The van der Waals surface area contributed by atoms with Crippen molar-refractivity contribution in [3.63, 3.8) is 0 Å². The summed E-state index contributed by atoms with van der Waals surface area (Å²) in [6.07, 6.45) is 12.2. The van der Waals surface area contributed by atoms with E-state index in [1.165, 1.54) is 44.1 Å². The van der Waals surface area contributed by atoms with Crippen molar-refractivity contribution >= 4 is 0 Å². The maximum Gasteiger partial charge on any atom is -0.0184 e. The first kappa shape index (κ1) is 12.0. The first-order valence-electron chi connectivity index (χ1n) is 6.03. The van der Waals surface area contributed by atoms with Gasteiger partial charge in [-0.15, -0.1) is 0 Å². The second kappa shape index (κ2) is 8.28. The molecule has 0 unspecified atom stereocenters. The third-order valence-electron chi connectivity index (χ3n) is 2.50. The molecule has 1 rings (SSSR count). The Hall–Kier alpha value is -1.04. The number of allylic oxidation sites excluding steroid dienone is 2. The summed E-state index contributed by atoms with van der Waals surface area (Å²) in [6.45, 7) is 2.22. The topological polar surface area (TPSA) is 0 Å². The van der Waals surface area contributed by atoms with Gasteiger partial charge in [0.1, 0.15) is 0 Å². The summed E-state index contributed by atoms with van der Waals surface area (Å²) in [4.78, 5) is 0. The Bertz CT molecular complexity index is 259. The van der Waals surface area contributed by atoms with Crippen molar-refractivity contribution in [2.24, 2.45) is 0 Å². The van der Waals surface area contributed by atoms with Gasteiger partial charge in [-0.05, 0) is 43.7 Å². The summed E-state index contributed by atoms with van der Waals surface area (Å²) in [6, 6.07) is 11.4. The van der Waals surface area contributed by atoms with E-state index in [1.807, 2.05) is 12.1 Å². The Kier molecular flexibility index (Phi) is 6.64. The van der Waals surface area contributed by atoms with E-state index in [0.717, 1.165) is 0 Å². The van der Waals surface area contributed by atoms with Gasteiger partial charge >= 0.3 is 0 Å². The highest BCUT2D eigenvalue weighted by atomic mass is 14.0. The molecule has 0 aliphatic rings. The SMILES string of the molecule is CCCC=CCCCCc1cc[c]cc1. The minimum atomic E-state index is 1.20. The molecule has 0 N–H and O–H groups in total. The van der Waals surface area contributed by atoms with Crippen LogP contribution in [0.2, 0.25) is 0 Å². The van der Waals surface area contributed by atoms with Crippen LogP contribution >= 0.6 is 0 Å². The lowest BCUT2D eigenvalue weighted by Gasteiger charge is -1.99. The molecule has 0 heteroatoms. The van der Waals surface area contributed by atoms with Crippen LogP contribution in [0, 0.1) is 6.07 Å². The third-order valence-corrected chi connectivity index (χ3v) is 2.50. The van der Waals surface area contributed by atoms with Gasteiger partial charge < -0.3 is 0 Å². The highest BCUT2D eigenvalue weighted by Crippen LogP contribution is 2.06. The predicted octanol–water partition coefficient (Wildman–Crippen LogP) is 4.56. The van der Waals surface area contributed by atoms with E-state index in [9.17, 15) is 0 Å². The molecule has 0 amide bonds. The molecule has 0 bridgehead atoms. The summed E-state index contributed by atoms with van der Waals surface area (Å²) >= 11 is 0. The van der Waals surface area contributed by atoms with Gasteiger partial charge in [0.05, 0.1) is 0 Å². The van der Waals surface area contributed by atoms with Gasteiger partial charge in [-0.2, -0.15) is 0 Å². The lowest BCUT2D eigenvalue weighted by Crippen LogP contribution is -1.84. The van der Waals surface area contributed by atoms with Crippen LogP contribution in [0.5, 0.6) is 0 Å². The van der Waals surface area contributed by atoms with Gasteiger partial charge in [0, 0.05) is 0 Å². The molecule has 0 saturated heterocycles. The molecule has 0 nitrogen and oxygen atoms in total. The minimum absolute atomic E-state index is 1.20. The maximum absolute atomic E-state index is 3.05. The largest absolute Gasteiger partial charge is 0.0885 e. The van der Waals surface area contributed by atoms with Gasteiger partial charge in [0.15, 0.2) is 0 Å². The Morgan fingerprint density at radius 1 is 1.07 bits per heavy atom. The molecule has 81 valence electrons. The van der Waals surface area contributed by atoms with Gasteiger partial charge in [0.25, 0.3) is 0 Å². The minimum Gasteiger partial charge on any atom is -0.0885 e. The molecule has 0 atom stereocenters. The quantitative estimate of drug-likeness (QED) is 0.448. The second-order valence-electron chi connectivity index (χ2n) is 3.91. The molecular weight excluding hydrogens is 180 g/mol. The van der Waals surface area contributed by atoms with Crippen LogP contribution in [-0.2, 0) is 6.42 Å². The maximum atomic E-state index is 3.05. The molecule has 1 radical (unpaired) electrons. The molecule has 1 aromatic rings. The highest BCUT2D eigenvalue weighted by Gasteiger charge is 1.90. The number of rotatable bonds is 7. The fourth-order valence-corrected chi connectivity index (χ4v) is 1.58. The summed E-state index contributed by atoms with van der Waals surface area (Å²) in [5.41, 5.74) is 1.44. The predicted molar refractivity (Wildman–Crippen MR) is 66.9 cm³/mol. The smallest absolute Gasteiger partial charge is 0.0184 e. The van der Waals surface area contributed by atoms with E-state index >= 15 is 0 Å². The molecule has 0 aliphatic heterocycles. The second-order valence-corrected chi connectivity index (χ2v) is 3.91. The molecule has 0 aliphatic carbocycles. The average molecular weight is 201 g/mol. The van der Waals surface area contributed by atoms with Crippen LogP contribution in [0.25, 0.3) is 0 Å². The van der Waals surface area contributed by atoms with Crippen molar-refractivity contribution in [3.8, 4) is 0 Å². The van der Waals surface area contributed by atoms with Crippen molar-refractivity contribution < 1.29 is 0 Å². The van der Waals surface area contributed by atoms with E-state index in [1.54, 1.807) is 0 Å². The lowest BCUT2D eigenvalue weighted by atomic mass is 10.1. The van der Waals surface area contributed by atoms with Crippen molar-refractivity contribution in [2.45, 2.75) is 45.4 Å². The Labute approximate surface area is 94.0 Å². The monoisotopic (exact) mass is 201 g/mol. The number of benzene rings is 1. The average Bonchev–Trinajstić information content (AvgIpc) is 2.29. The first-order valence-corrected chi connectivity index (χ1v) is 6.03. The molecule has 0 saturated carbocycles. The van der Waals surface area contributed by atoms with E-state index in [0.29, 0.717) is 0 Å². The Morgan fingerprint density at radius 2 is 1.80 bits per heavy atom. The van der Waals surface area contributed by atoms with Gasteiger partial charge in [-0.3, -0.25) is 0 Å². The molecular formula is C15H21. The fourth-order valence-electron chi connectivity index (χ4n) is 1.58. The summed E-state index contributed by atoms with van der Waals surface area (Å²) < 4.78 is 0. The van der Waals surface area contributed by atoms with Crippen LogP contribution in [0.3, 0.4) is 0 Å². The molecule has 0 aromatic heterocycles. The van der Waals surface area contributed by atoms with E-state index in [4.69, 9.17) is 0 Å². The highest BCUT2D eigenvalue weighted by molar-refractivity contribution is 5.13. The van der Waals surface area contributed by atoms with Crippen LogP contribution in [0.15, 0.2) is 36.4 Å². The van der Waals surface area contributed by atoms with Crippen molar-refractivity contribution in [1.29, 1.82) is 0 Å². The molecule has 0 heterocycles. The number of hydrogen-bond donors (Lipinski definition) is 0. The van der Waals surface area contributed by atoms with Crippen LogP contribution in [-0.4, -0.2) is 0 Å². The molecule has 0 fully saturated rings. The van der Waals surface area contributed by atoms with E-state index in [2.05, 4.69) is 37.3 Å². The Balaban J connectivity index is 2.02. The Morgan fingerprint density at radius 3 is 2.53 bits per heavy atom. The lowest BCUT2D eigenvalue weighted by molar-refractivity contribution is 0.745. The number of unbranched alkanes of at least 4 members (excludes halogenated alkanes) is 3.